The molecular weight excluding hydrogens is 406 g/mol. The Morgan fingerprint density at radius 2 is 2.03 bits per heavy atom. The number of phenolic OH excluding ortho intramolecular Hbond substituents is 1. The number of piperidine rings is 1. The van der Waals surface area contributed by atoms with Crippen molar-refractivity contribution < 1.29 is 14.6 Å². The molecule has 2 heterocycles. The van der Waals surface area contributed by atoms with Gasteiger partial charge in [-0.25, -0.2) is 0 Å². The van der Waals surface area contributed by atoms with Gasteiger partial charge < -0.3 is 15.2 Å². The van der Waals surface area contributed by atoms with Crippen LogP contribution in [0, 0.1) is 11.3 Å². The van der Waals surface area contributed by atoms with E-state index in [9.17, 15) is 9.90 Å². The number of hydrogen-bond donors (Lipinski definition) is 2. The van der Waals surface area contributed by atoms with Crippen molar-refractivity contribution in [1.82, 2.24) is 15.1 Å². The number of ether oxygens (including phenoxy) is 1. The average Bonchev–Trinajstić information content (AvgIpc) is 2.80. The van der Waals surface area contributed by atoms with Gasteiger partial charge in [-0.2, -0.15) is 5.26 Å². The number of nitrogens with one attached hydrogen (secondary N) is 1. The van der Waals surface area contributed by atoms with Crippen molar-refractivity contribution in [2.24, 2.45) is 0 Å². The van der Waals surface area contributed by atoms with Gasteiger partial charge >= 0.3 is 5.97 Å². The van der Waals surface area contributed by atoms with E-state index in [0.717, 1.165) is 17.2 Å². The number of phenols is 1. The van der Waals surface area contributed by atoms with Crippen molar-refractivity contribution in [3.05, 3.63) is 48.0 Å². The normalized spacial score (nSPS) is 18.8. The fraction of sp³-hybridized carbons (Fsp3) is 0.333. The lowest BCUT2D eigenvalue weighted by Gasteiger charge is -2.36. The molecule has 1 aliphatic heterocycles. The highest BCUT2D eigenvalue weighted by atomic mass is 16.5. The number of carbonyl (C=O) groups is 1. The van der Waals surface area contributed by atoms with Gasteiger partial charge in [0.2, 0.25) is 0 Å². The Morgan fingerprint density at radius 1 is 1.25 bits per heavy atom. The van der Waals surface area contributed by atoms with Crippen LogP contribution in [-0.2, 0) is 9.53 Å². The molecule has 0 bridgehead atoms. The molecule has 0 spiro atoms. The predicted molar refractivity (Wildman–Crippen MR) is 121 cm³/mol. The van der Waals surface area contributed by atoms with E-state index in [1.807, 2.05) is 49.2 Å². The van der Waals surface area contributed by atoms with E-state index in [1.165, 1.54) is 6.07 Å². The van der Waals surface area contributed by atoms with E-state index in [4.69, 9.17) is 10.00 Å². The summed E-state index contributed by atoms with van der Waals surface area (Å²) in [5.74, 6) is 0.471. The maximum Gasteiger partial charge on any atom is 0.323 e. The number of nitriles is 1. The molecule has 8 heteroatoms. The third kappa shape index (κ3) is 4.20. The summed E-state index contributed by atoms with van der Waals surface area (Å²) in [6, 6.07) is 14.4. The molecule has 0 radical (unpaired) electrons. The topological polar surface area (TPSA) is 111 Å². The lowest BCUT2D eigenvalue weighted by molar-refractivity contribution is -0.150. The quantitative estimate of drug-likeness (QED) is 0.592. The van der Waals surface area contributed by atoms with Gasteiger partial charge in [-0.1, -0.05) is 24.3 Å². The number of likely N-dealkylation sites (N-methyl/N-ethyl adjacent to an activating group) is 1. The third-order valence-electron chi connectivity index (χ3n) is 5.80. The predicted octanol–water partition coefficient (Wildman–Crippen LogP) is 3.31. The molecular formula is C24H25N5O3. The Hall–Kier alpha value is -3.70. The number of aromatic hydroxyl groups is 1. The minimum absolute atomic E-state index is 0.0110. The lowest BCUT2D eigenvalue weighted by atomic mass is 9.98. The smallest absolute Gasteiger partial charge is 0.323 e. The van der Waals surface area contributed by atoms with Crippen LogP contribution in [0.4, 0.5) is 5.82 Å². The number of anilines is 1. The van der Waals surface area contributed by atoms with E-state index in [2.05, 4.69) is 15.5 Å². The van der Waals surface area contributed by atoms with Crippen LogP contribution >= 0.6 is 0 Å². The average molecular weight is 431 g/mol. The monoisotopic (exact) mass is 431 g/mol. The molecule has 0 amide bonds. The summed E-state index contributed by atoms with van der Waals surface area (Å²) in [4.78, 5) is 14.2. The number of carbonyl (C=O) groups excluding carboxylic acids is 1. The van der Waals surface area contributed by atoms with Crippen molar-refractivity contribution in [1.29, 1.82) is 5.26 Å². The number of likely N-dealkylation sites (tertiary alicyclic amines) is 1. The van der Waals surface area contributed by atoms with E-state index >= 15 is 0 Å². The Kier molecular flexibility index (Phi) is 6.19. The number of benzene rings is 2. The van der Waals surface area contributed by atoms with E-state index in [1.54, 1.807) is 12.1 Å². The molecule has 1 fully saturated rings. The fourth-order valence-corrected chi connectivity index (χ4v) is 4.20. The van der Waals surface area contributed by atoms with Crippen molar-refractivity contribution in [2.45, 2.75) is 31.8 Å². The van der Waals surface area contributed by atoms with Crippen LogP contribution in [0.15, 0.2) is 42.5 Å². The number of hydrogen-bond acceptors (Lipinski definition) is 8. The first-order valence-corrected chi connectivity index (χ1v) is 10.6. The summed E-state index contributed by atoms with van der Waals surface area (Å²) in [6.07, 6.45) is 1.51. The largest absolute Gasteiger partial charge is 0.507 e. The molecule has 8 nitrogen and oxygen atoms in total. The van der Waals surface area contributed by atoms with Crippen LogP contribution in [0.3, 0.4) is 0 Å². The molecule has 4 rings (SSSR count). The van der Waals surface area contributed by atoms with Crippen molar-refractivity contribution >= 4 is 22.6 Å². The highest BCUT2D eigenvalue weighted by Crippen LogP contribution is 2.35. The van der Waals surface area contributed by atoms with Crippen molar-refractivity contribution in [3.63, 3.8) is 0 Å². The molecule has 1 aromatic heterocycles. The summed E-state index contributed by atoms with van der Waals surface area (Å²) >= 11 is 0. The molecule has 0 saturated carbocycles. The molecule has 32 heavy (non-hydrogen) atoms. The molecule has 1 saturated heterocycles. The van der Waals surface area contributed by atoms with Crippen LogP contribution < -0.4 is 5.32 Å². The Morgan fingerprint density at radius 3 is 2.72 bits per heavy atom. The van der Waals surface area contributed by atoms with Crippen molar-refractivity contribution in [3.8, 4) is 23.1 Å². The molecule has 0 unspecified atom stereocenters. The summed E-state index contributed by atoms with van der Waals surface area (Å²) in [7, 11) is 1.93. The fourth-order valence-electron chi connectivity index (χ4n) is 4.20. The van der Waals surface area contributed by atoms with Gasteiger partial charge in [0.15, 0.2) is 5.82 Å². The molecule has 3 aromatic rings. The highest BCUT2D eigenvalue weighted by molar-refractivity contribution is 6.01. The summed E-state index contributed by atoms with van der Waals surface area (Å²) in [6.45, 7) is 2.88. The van der Waals surface area contributed by atoms with Crippen LogP contribution in [0.5, 0.6) is 5.75 Å². The molecule has 1 aliphatic rings. The van der Waals surface area contributed by atoms with Crippen LogP contribution in [-0.4, -0.2) is 58.5 Å². The maximum atomic E-state index is 12.1. The van der Waals surface area contributed by atoms with Gasteiger partial charge in [0.1, 0.15) is 17.5 Å². The van der Waals surface area contributed by atoms with E-state index in [-0.39, 0.29) is 23.8 Å². The third-order valence-corrected chi connectivity index (χ3v) is 5.80. The molecule has 2 N–H and O–H groups in total. The second kappa shape index (κ2) is 9.20. The van der Waals surface area contributed by atoms with Gasteiger partial charge in [0.25, 0.3) is 0 Å². The first kappa shape index (κ1) is 21.5. The Bertz CT molecular complexity index is 1190. The molecule has 2 atom stereocenters. The standard InChI is InChI=1S/C24H25N5O3/c1-3-32-24(31)20-11-9-16(14-29(20)2)26-23-18-7-5-4-6-17(18)22(27-28-23)19-10-8-15(13-25)12-21(19)30/h4-8,10,12,16,20,30H,3,9,11,14H2,1-2H3,(H,26,28)/t16-,20+/m1/s1. The number of nitrogens with zero attached hydrogens (tertiary/aromatic N) is 4. The number of fused-ring (bicyclic) bond motifs is 1. The van der Waals surface area contributed by atoms with Gasteiger partial charge in [0.05, 0.1) is 18.2 Å². The first-order chi connectivity index (χ1) is 15.5. The Balaban J connectivity index is 1.60. The van der Waals surface area contributed by atoms with Gasteiger partial charge in [0, 0.05) is 28.9 Å². The van der Waals surface area contributed by atoms with E-state index < -0.39 is 0 Å². The zero-order valence-corrected chi connectivity index (χ0v) is 18.1. The van der Waals surface area contributed by atoms with Gasteiger partial charge in [-0.15, -0.1) is 10.2 Å². The lowest BCUT2D eigenvalue weighted by Crippen LogP contribution is -2.50. The number of rotatable bonds is 5. The maximum absolute atomic E-state index is 12.1. The van der Waals surface area contributed by atoms with Gasteiger partial charge in [-0.05, 0) is 45.0 Å². The van der Waals surface area contributed by atoms with Crippen LogP contribution in [0.2, 0.25) is 0 Å². The number of esters is 1. The summed E-state index contributed by atoms with van der Waals surface area (Å²) < 4.78 is 5.18. The first-order valence-electron chi connectivity index (χ1n) is 10.6. The minimum atomic E-state index is -0.224. The zero-order chi connectivity index (χ0) is 22.7. The summed E-state index contributed by atoms with van der Waals surface area (Å²) in [5.41, 5.74) is 1.45. The SMILES string of the molecule is CCOC(=O)[C@@H]1CC[C@@H](Nc2nnc(-c3ccc(C#N)cc3O)c3ccccc23)CN1C. The van der Waals surface area contributed by atoms with Gasteiger partial charge in [-0.3, -0.25) is 9.69 Å². The second-order valence-corrected chi connectivity index (χ2v) is 7.91. The van der Waals surface area contributed by atoms with Crippen LogP contribution in [0.1, 0.15) is 25.3 Å². The minimum Gasteiger partial charge on any atom is -0.507 e. The molecule has 164 valence electrons. The molecule has 2 aromatic carbocycles. The second-order valence-electron chi connectivity index (χ2n) is 7.91. The molecule has 0 aliphatic carbocycles. The zero-order valence-electron chi connectivity index (χ0n) is 18.1. The van der Waals surface area contributed by atoms with Crippen LogP contribution in [0.25, 0.3) is 22.0 Å². The number of aromatic nitrogens is 2. The Labute approximate surface area is 186 Å². The summed E-state index contributed by atoms with van der Waals surface area (Å²) in [5, 5.41) is 33.5. The highest BCUT2D eigenvalue weighted by Gasteiger charge is 2.32. The van der Waals surface area contributed by atoms with Crippen molar-refractivity contribution in [2.75, 3.05) is 25.5 Å². The van der Waals surface area contributed by atoms with E-state index in [0.29, 0.717) is 42.2 Å².